The van der Waals surface area contributed by atoms with Crippen LogP contribution in [0.1, 0.15) is 11.1 Å². The Morgan fingerprint density at radius 3 is 2.00 bits per heavy atom. The molecule has 0 aliphatic heterocycles. The van der Waals surface area contributed by atoms with E-state index in [0.717, 1.165) is 5.56 Å². The van der Waals surface area contributed by atoms with E-state index in [2.05, 4.69) is 0 Å². The molecular weight excluding hydrogens is 243 g/mol. The first-order chi connectivity index (χ1) is 9.04. The third-order valence-corrected chi connectivity index (χ3v) is 2.62. The van der Waals surface area contributed by atoms with E-state index in [1.807, 2.05) is 0 Å². The summed E-state index contributed by atoms with van der Waals surface area (Å²) in [5.74, 6) is 0.163. The van der Waals surface area contributed by atoms with Crippen molar-refractivity contribution in [2.45, 2.75) is 0 Å². The lowest BCUT2D eigenvalue weighted by atomic mass is 9.79. The summed E-state index contributed by atoms with van der Waals surface area (Å²) in [6.07, 6.45) is 3.53. The van der Waals surface area contributed by atoms with E-state index >= 15 is 0 Å². The van der Waals surface area contributed by atoms with Gasteiger partial charge in [-0.3, -0.25) is 0 Å². The van der Waals surface area contributed by atoms with Crippen molar-refractivity contribution in [3.63, 3.8) is 0 Å². The van der Waals surface area contributed by atoms with Crippen LogP contribution in [0.3, 0.4) is 0 Å². The van der Waals surface area contributed by atoms with Gasteiger partial charge in [0.05, 0.1) is 0 Å². The van der Waals surface area contributed by atoms with Crippen LogP contribution in [0.15, 0.2) is 42.5 Å². The number of rotatable bonds is 3. The molecule has 0 saturated carbocycles. The average Bonchev–Trinajstić information content (AvgIpc) is 2.37. The molecule has 0 heterocycles. The maximum atomic E-state index is 9.49. The molecule has 96 valence electrons. The van der Waals surface area contributed by atoms with E-state index in [4.69, 9.17) is 15.2 Å². The average molecular weight is 256 g/mol. The first-order valence-electron chi connectivity index (χ1n) is 5.72. The van der Waals surface area contributed by atoms with Gasteiger partial charge in [0, 0.05) is 0 Å². The van der Waals surface area contributed by atoms with Crippen LogP contribution in [0.4, 0.5) is 0 Å². The van der Waals surface area contributed by atoms with Crippen molar-refractivity contribution in [1.29, 1.82) is 0 Å². The largest absolute Gasteiger partial charge is 0.508 e. The molecule has 4 nitrogen and oxygen atoms in total. The maximum Gasteiger partial charge on any atom is 0.488 e. The monoisotopic (exact) mass is 256 g/mol. The van der Waals surface area contributed by atoms with Gasteiger partial charge in [-0.05, 0) is 40.9 Å². The number of benzene rings is 2. The second-order valence-corrected chi connectivity index (χ2v) is 4.16. The molecule has 0 atom stereocenters. The topological polar surface area (TPSA) is 80.9 Å². The van der Waals surface area contributed by atoms with Crippen molar-refractivity contribution < 1.29 is 20.3 Å². The van der Waals surface area contributed by atoms with E-state index in [1.54, 1.807) is 42.5 Å². The van der Waals surface area contributed by atoms with E-state index in [9.17, 15) is 5.11 Å². The van der Waals surface area contributed by atoms with Gasteiger partial charge in [-0.25, -0.2) is 0 Å². The number of hydrogen-bond donors (Lipinski definition) is 4. The molecule has 0 bridgehead atoms. The Bertz CT molecular complexity index is 591. The van der Waals surface area contributed by atoms with Gasteiger partial charge in [0.1, 0.15) is 11.5 Å². The van der Waals surface area contributed by atoms with Crippen molar-refractivity contribution in [2.75, 3.05) is 0 Å². The zero-order chi connectivity index (χ0) is 13.8. The molecule has 0 amide bonds. The Morgan fingerprint density at radius 1 is 0.737 bits per heavy atom. The predicted octanol–water partition coefficient (Wildman–Crippen LogP) is 0.948. The second-order valence-electron chi connectivity index (χ2n) is 4.16. The highest BCUT2D eigenvalue weighted by atomic mass is 16.4. The minimum absolute atomic E-state index is 0.0315. The summed E-state index contributed by atoms with van der Waals surface area (Å²) in [4.78, 5) is 0. The summed E-state index contributed by atoms with van der Waals surface area (Å²) < 4.78 is 0. The van der Waals surface area contributed by atoms with Crippen LogP contribution in [0.2, 0.25) is 0 Å². The van der Waals surface area contributed by atoms with Crippen LogP contribution >= 0.6 is 0 Å². The zero-order valence-electron chi connectivity index (χ0n) is 10.1. The van der Waals surface area contributed by atoms with Crippen molar-refractivity contribution in [3.05, 3.63) is 53.6 Å². The fourth-order valence-corrected chi connectivity index (χ4v) is 1.68. The highest BCUT2D eigenvalue weighted by Crippen LogP contribution is 2.15. The summed E-state index contributed by atoms with van der Waals surface area (Å²) in [5.41, 5.74) is 1.76. The first-order valence-corrected chi connectivity index (χ1v) is 5.72. The molecule has 0 radical (unpaired) electrons. The van der Waals surface area contributed by atoms with E-state index in [-0.39, 0.29) is 17.0 Å². The lowest BCUT2D eigenvalue weighted by Crippen LogP contribution is -2.29. The number of phenols is 2. The summed E-state index contributed by atoms with van der Waals surface area (Å²) in [5, 5.41) is 36.8. The molecule has 0 unspecified atom stereocenters. The Morgan fingerprint density at radius 2 is 1.37 bits per heavy atom. The predicted molar refractivity (Wildman–Crippen MR) is 75.0 cm³/mol. The maximum absolute atomic E-state index is 9.49. The zero-order valence-corrected chi connectivity index (χ0v) is 10.1. The molecule has 0 aliphatic carbocycles. The Balaban J connectivity index is 2.25. The molecule has 19 heavy (non-hydrogen) atoms. The van der Waals surface area contributed by atoms with E-state index < -0.39 is 7.12 Å². The summed E-state index contributed by atoms with van der Waals surface area (Å²) in [6, 6.07) is 11.0. The molecule has 2 aromatic carbocycles. The van der Waals surface area contributed by atoms with Gasteiger partial charge in [-0.1, -0.05) is 30.4 Å². The number of aromatic hydroxyl groups is 2. The smallest absolute Gasteiger partial charge is 0.488 e. The molecule has 0 saturated heterocycles. The van der Waals surface area contributed by atoms with Crippen LogP contribution < -0.4 is 5.46 Å². The SMILES string of the molecule is OB(O)c1cc(O)cc(C=Cc2ccc(O)cc2)c1. The molecule has 0 aliphatic rings. The summed E-state index contributed by atoms with van der Waals surface area (Å²) in [7, 11) is -1.62. The van der Waals surface area contributed by atoms with Crippen LogP contribution in [0.25, 0.3) is 12.2 Å². The van der Waals surface area contributed by atoms with Crippen molar-refractivity contribution in [2.24, 2.45) is 0 Å². The highest BCUT2D eigenvalue weighted by Gasteiger charge is 2.11. The Kier molecular flexibility index (Phi) is 3.89. The van der Waals surface area contributed by atoms with Gasteiger partial charge < -0.3 is 20.3 Å². The molecule has 0 fully saturated rings. The van der Waals surface area contributed by atoms with Crippen molar-refractivity contribution in [3.8, 4) is 11.5 Å². The Hall–Kier alpha value is -2.24. The molecule has 0 aromatic heterocycles. The van der Waals surface area contributed by atoms with Gasteiger partial charge >= 0.3 is 7.12 Å². The fraction of sp³-hybridized carbons (Fsp3) is 0. The number of hydrogen-bond acceptors (Lipinski definition) is 4. The summed E-state index contributed by atoms with van der Waals surface area (Å²) >= 11 is 0. The van der Waals surface area contributed by atoms with Crippen LogP contribution in [0.5, 0.6) is 11.5 Å². The normalized spacial score (nSPS) is 10.8. The number of phenolic OH excluding ortho intramolecular Hbond substituents is 2. The van der Waals surface area contributed by atoms with Crippen LogP contribution in [-0.2, 0) is 0 Å². The third-order valence-electron chi connectivity index (χ3n) is 2.62. The molecule has 2 rings (SSSR count). The van der Waals surface area contributed by atoms with E-state index in [0.29, 0.717) is 5.56 Å². The minimum Gasteiger partial charge on any atom is -0.508 e. The minimum atomic E-state index is -1.62. The molecule has 5 heteroatoms. The van der Waals surface area contributed by atoms with Gasteiger partial charge in [0.2, 0.25) is 0 Å². The van der Waals surface area contributed by atoms with Crippen LogP contribution in [-0.4, -0.2) is 27.4 Å². The Labute approximate surface area is 111 Å². The summed E-state index contributed by atoms with van der Waals surface area (Å²) in [6.45, 7) is 0. The molecule has 2 aromatic rings. The second kappa shape index (κ2) is 5.60. The van der Waals surface area contributed by atoms with Gasteiger partial charge in [0.15, 0.2) is 0 Å². The highest BCUT2D eigenvalue weighted by molar-refractivity contribution is 6.58. The standard InChI is InChI=1S/C14H13BO4/c16-13-5-3-10(4-6-13)1-2-11-7-12(15(18)19)9-14(17)8-11/h1-9,16-19H. The molecular formula is C14H13BO4. The van der Waals surface area contributed by atoms with Gasteiger partial charge in [0.25, 0.3) is 0 Å². The quantitative estimate of drug-likeness (QED) is 0.487. The van der Waals surface area contributed by atoms with Crippen LogP contribution in [0, 0.1) is 0 Å². The molecule has 0 spiro atoms. The van der Waals surface area contributed by atoms with Gasteiger partial charge in [-0.2, -0.15) is 0 Å². The van der Waals surface area contributed by atoms with Gasteiger partial charge in [-0.15, -0.1) is 0 Å². The van der Waals surface area contributed by atoms with Crippen molar-refractivity contribution >= 4 is 24.7 Å². The lowest BCUT2D eigenvalue weighted by Gasteiger charge is -2.03. The molecule has 4 N–H and O–H groups in total. The fourth-order valence-electron chi connectivity index (χ4n) is 1.68. The van der Waals surface area contributed by atoms with E-state index in [1.165, 1.54) is 12.1 Å². The van der Waals surface area contributed by atoms with Crippen molar-refractivity contribution in [1.82, 2.24) is 0 Å². The lowest BCUT2D eigenvalue weighted by molar-refractivity contribution is 0.424. The first kappa shape index (κ1) is 13.2. The third kappa shape index (κ3) is 3.61.